The van der Waals surface area contributed by atoms with Crippen LogP contribution in [0.25, 0.3) is 0 Å². The smallest absolute Gasteiger partial charge is 0.136 e. The van der Waals surface area contributed by atoms with Gasteiger partial charge in [0, 0.05) is 36.1 Å². The lowest BCUT2D eigenvalue weighted by Crippen LogP contribution is -2.59. The number of fused-ring (bicyclic) bond motifs is 3. The number of anilines is 1. The van der Waals surface area contributed by atoms with Crippen LogP contribution < -0.4 is 10.2 Å². The van der Waals surface area contributed by atoms with Crippen LogP contribution >= 0.6 is 11.8 Å². The number of nitrogens with zero attached hydrogens (tertiary/aromatic N) is 2. The molecule has 4 aliphatic rings. The number of nitrogens with one attached hydrogen (secondary N) is 1. The molecule has 0 aromatic heterocycles. The number of hydrogen-bond acceptors (Lipinski definition) is 4. The molecule has 1 aliphatic carbocycles. The molecule has 3 fully saturated rings. The first kappa shape index (κ1) is 13.7. The third-order valence-electron chi connectivity index (χ3n) is 6.02. The average Bonchev–Trinajstić information content (AvgIpc) is 3.23. The Balaban J connectivity index is 1.51. The normalized spacial score (nSPS) is 35.3. The van der Waals surface area contributed by atoms with Crippen LogP contribution in [-0.4, -0.2) is 41.6 Å². The maximum absolute atomic E-state index is 3.64. The summed E-state index contributed by atoms with van der Waals surface area (Å²) in [6.45, 7) is 2.37. The lowest BCUT2D eigenvalue weighted by Gasteiger charge is -2.45. The maximum atomic E-state index is 3.64. The molecule has 22 heavy (non-hydrogen) atoms. The van der Waals surface area contributed by atoms with Crippen LogP contribution in [0.2, 0.25) is 0 Å². The SMILES string of the molecule is c1ccc2c(c1)SC(N1C3CCC1CNC3)N2C1CCCC1. The molecular formula is C18H25N3S. The minimum Gasteiger partial charge on any atom is -0.343 e. The Morgan fingerprint density at radius 3 is 2.41 bits per heavy atom. The van der Waals surface area contributed by atoms with Crippen molar-refractivity contribution >= 4 is 17.4 Å². The van der Waals surface area contributed by atoms with Gasteiger partial charge in [-0.25, -0.2) is 0 Å². The Morgan fingerprint density at radius 2 is 1.64 bits per heavy atom. The number of para-hydroxylation sites is 1. The van der Waals surface area contributed by atoms with E-state index in [0.717, 1.165) is 18.1 Å². The lowest BCUT2D eigenvalue weighted by atomic mass is 10.1. The van der Waals surface area contributed by atoms with Gasteiger partial charge in [-0.15, -0.1) is 0 Å². The molecule has 2 bridgehead atoms. The van der Waals surface area contributed by atoms with Gasteiger partial charge in [0.05, 0.1) is 5.69 Å². The van der Waals surface area contributed by atoms with E-state index in [2.05, 4.69) is 51.1 Å². The van der Waals surface area contributed by atoms with Crippen LogP contribution in [0.15, 0.2) is 29.2 Å². The maximum Gasteiger partial charge on any atom is 0.136 e. The molecule has 3 atom stereocenters. The topological polar surface area (TPSA) is 18.5 Å². The number of hydrogen-bond donors (Lipinski definition) is 1. The largest absolute Gasteiger partial charge is 0.343 e. The summed E-state index contributed by atoms with van der Waals surface area (Å²) in [5.41, 5.74) is 2.04. The average molecular weight is 315 g/mol. The quantitative estimate of drug-likeness (QED) is 0.902. The monoisotopic (exact) mass is 315 g/mol. The number of thioether (sulfide) groups is 1. The van der Waals surface area contributed by atoms with Crippen molar-refractivity contribution in [3.05, 3.63) is 24.3 Å². The van der Waals surface area contributed by atoms with Crippen LogP contribution in [0.5, 0.6) is 0 Å². The molecule has 3 heterocycles. The number of benzene rings is 1. The second-order valence-corrected chi connectivity index (χ2v) is 8.35. The van der Waals surface area contributed by atoms with E-state index < -0.39 is 0 Å². The number of piperazine rings is 1. The first-order chi connectivity index (χ1) is 10.9. The van der Waals surface area contributed by atoms with E-state index in [1.54, 1.807) is 0 Å². The Labute approximate surface area is 137 Å². The van der Waals surface area contributed by atoms with E-state index in [4.69, 9.17) is 0 Å². The molecule has 5 rings (SSSR count). The van der Waals surface area contributed by atoms with Crippen molar-refractivity contribution in [2.75, 3.05) is 18.0 Å². The van der Waals surface area contributed by atoms with Crippen LogP contribution in [0.3, 0.4) is 0 Å². The van der Waals surface area contributed by atoms with Crippen molar-refractivity contribution in [3.8, 4) is 0 Å². The Hall–Kier alpha value is -0.710. The van der Waals surface area contributed by atoms with Crippen molar-refractivity contribution in [2.24, 2.45) is 0 Å². The summed E-state index contributed by atoms with van der Waals surface area (Å²) in [7, 11) is 0. The Bertz CT molecular complexity index is 541. The molecule has 3 unspecified atom stereocenters. The van der Waals surface area contributed by atoms with Crippen molar-refractivity contribution < 1.29 is 0 Å². The van der Waals surface area contributed by atoms with E-state index in [1.807, 2.05) is 0 Å². The first-order valence-corrected chi connectivity index (χ1v) is 9.82. The van der Waals surface area contributed by atoms with Gasteiger partial charge in [0.2, 0.25) is 0 Å². The second-order valence-electron chi connectivity index (χ2n) is 7.25. The van der Waals surface area contributed by atoms with Crippen LogP contribution in [-0.2, 0) is 0 Å². The molecule has 3 nitrogen and oxygen atoms in total. The zero-order valence-electron chi connectivity index (χ0n) is 13.1. The van der Waals surface area contributed by atoms with Crippen LogP contribution in [0.4, 0.5) is 5.69 Å². The minimum atomic E-state index is 0.542. The van der Waals surface area contributed by atoms with Gasteiger partial charge in [-0.05, 0) is 37.8 Å². The summed E-state index contributed by atoms with van der Waals surface area (Å²) < 4.78 is 0. The van der Waals surface area contributed by atoms with Gasteiger partial charge in [0.15, 0.2) is 0 Å². The predicted octanol–water partition coefficient (Wildman–Crippen LogP) is 3.26. The van der Waals surface area contributed by atoms with E-state index in [-0.39, 0.29) is 0 Å². The molecule has 4 heteroatoms. The first-order valence-electron chi connectivity index (χ1n) is 8.94. The lowest BCUT2D eigenvalue weighted by molar-refractivity contribution is 0.134. The third kappa shape index (κ3) is 2.04. The fourth-order valence-corrected chi connectivity index (χ4v) is 6.54. The molecule has 0 spiro atoms. The van der Waals surface area contributed by atoms with Gasteiger partial charge in [0.1, 0.15) is 5.50 Å². The highest BCUT2D eigenvalue weighted by Gasteiger charge is 2.47. The second kappa shape index (κ2) is 5.43. The van der Waals surface area contributed by atoms with Crippen molar-refractivity contribution in [1.29, 1.82) is 0 Å². The molecule has 2 saturated heterocycles. The molecule has 3 aliphatic heterocycles. The molecule has 1 N–H and O–H groups in total. The standard InChI is InChI=1S/C18H25N3S/c1-2-6-13(5-1)21-16-7-3-4-8-17(16)22-18(21)20-14-9-10-15(20)12-19-11-14/h3-4,7-8,13-15,18-19H,1-2,5-6,9-12H2. The number of rotatable bonds is 2. The zero-order chi connectivity index (χ0) is 14.5. The molecule has 1 aromatic carbocycles. The summed E-state index contributed by atoms with van der Waals surface area (Å²) in [5.74, 6) is 0. The Morgan fingerprint density at radius 1 is 0.909 bits per heavy atom. The van der Waals surface area contributed by atoms with E-state index in [1.165, 1.54) is 62.2 Å². The van der Waals surface area contributed by atoms with Gasteiger partial charge in [-0.2, -0.15) is 0 Å². The highest BCUT2D eigenvalue weighted by atomic mass is 32.2. The molecule has 0 amide bonds. The third-order valence-corrected chi connectivity index (χ3v) is 7.30. The molecule has 1 saturated carbocycles. The molecule has 118 valence electrons. The molecule has 0 radical (unpaired) electrons. The summed E-state index contributed by atoms with van der Waals surface area (Å²) >= 11 is 2.11. The van der Waals surface area contributed by atoms with E-state index in [9.17, 15) is 0 Å². The van der Waals surface area contributed by atoms with Crippen molar-refractivity contribution in [1.82, 2.24) is 10.2 Å². The fourth-order valence-electron chi connectivity index (χ4n) is 5.00. The van der Waals surface area contributed by atoms with Gasteiger partial charge in [-0.1, -0.05) is 36.7 Å². The van der Waals surface area contributed by atoms with Crippen LogP contribution in [0, 0.1) is 0 Å². The molecular weight excluding hydrogens is 290 g/mol. The summed E-state index contributed by atoms with van der Waals surface area (Å²) in [6, 6.07) is 11.3. The van der Waals surface area contributed by atoms with Crippen molar-refractivity contribution in [3.63, 3.8) is 0 Å². The fraction of sp³-hybridized carbons (Fsp3) is 0.667. The van der Waals surface area contributed by atoms with Gasteiger partial charge in [0.25, 0.3) is 0 Å². The Kier molecular flexibility index (Phi) is 3.38. The molecule has 1 aromatic rings. The van der Waals surface area contributed by atoms with Crippen molar-refractivity contribution in [2.45, 2.75) is 67.0 Å². The predicted molar refractivity (Wildman–Crippen MR) is 92.3 cm³/mol. The summed E-state index contributed by atoms with van der Waals surface area (Å²) in [5, 5.41) is 3.64. The van der Waals surface area contributed by atoms with Gasteiger partial charge in [-0.3, -0.25) is 4.90 Å². The van der Waals surface area contributed by atoms with Gasteiger partial charge >= 0.3 is 0 Å². The minimum absolute atomic E-state index is 0.542. The highest BCUT2D eigenvalue weighted by Crippen LogP contribution is 2.50. The van der Waals surface area contributed by atoms with E-state index >= 15 is 0 Å². The summed E-state index contributed by atoms with van der Waals surface area (Å²) in [6.07, 6.45) is 8.34. The highest BCUT2D eigenvalue weighted by molar-refractivity contribution is 8.00. The van der Waals surface area contributed by atoms with Gasteiger partial charge < -0.3 is 10.2 Å². The summed E-state index contributed by atoms with van der Waals surface area (Å²) in [4.78, 5) is 7.15. The zero-order valence-corrected chi connectivity index (χ0v) is 13.9. The van der Waals surface area contributed by atoms with E-state index in [0.29, 0.717) is 5.50 Å². The van der Waals surface area contributed by atoms with Crippen LogP contribution in [0.1, 0.15) is 38.5 Å².